The summed E-state index contributed by atoms with van der Waals surface area (Å²) in [5, 5.41) is 4.95. The molecule has 322 valence electrons. The quantitative estimate of drug-likeness (QED) is 0.173. The molecule has 0 saturated heterocycles. The zero-order valence-corrected chi connectivity index (χ0v) is 37.5. The third-order valence-electron chi connectivity index (χ3n) is 15.1. The van der Waals surface area contributed by atoms with Gasteiger partial charge in [0.2, 0.25) is 0 Å². The third-order valence-corrected chi connectivity index (χ3v) is 15.1. The highest BCUT2D eigenvalue weighted by molar-refractivity contribution is 6.10. The number of allylic oxidation sites excluding steroid dienone is 4. The van der Waals surface area contributed by atoms with Crippen molar-refractivity contribution in [1.29, 1.82) is 0 Å². The Morgan fingerprint density at radius 1 is 0.362 bits per heavy atom. The largest absolute Gasteiger partial charge is 0.309 e. The maximum Gasteiger partial charge on any atom is 0.164 e. The van der Waals surface area contributed by atoms with Crippen molar-refractivity contribution in [2.45, 2.75) is 18.3 Å². The first-order valence-corrected chi connectivity index (χ1v) is 23.9. The average Bonchev–Trinajstić information content (AvgIpc) is 4.13. The van der Waals surface area contributed by atoms with Gasteiger partial charge in [-0.1, -0.05) is 146 Å². The molecule has 0 bridgehead atoms. The fourth-order valence-corrected chi connectivity index (χ4v) is 12.2. The summed E-state index contributed by atoms with van der Waals surface area (Å²) in [7, 11) is 0. The first kappa shape index (κ1) is 38.2. The molecule has 1 spiro atoms. The minimum atomic E-state index is -0.436. The van der Waals surface area contributed by atoms with E-state index < -0.39 is 5.41 Å². The number of aromatic nitrogens is 5. The molecule has 15 rings (SSSR count). The monoisotopic (exact) mass is 879 g/mol. The molecule has 69 heavy (non-hydrogen) atoms. The number of fused-ring (bicyclic) bond motifs is 15. The Morgan fingerprint density at radius 3 is 1.29 bits per heavy atom. The van der Waals surface area contributed by atoms with Gasteiger partial charge in [-0.3, -0.25) is 0 Å². The number of para-hydroxylation sites is 4. The lowest BCUT2D eigenvalue weighted by molar-refractivity contribution is 0.780. The predicted octanol–water partition coefficient (Wildman–Crippen LogP) is 15.5. The Morgan fingerprint density at radius 2 is 0.768 bits per heavy atom. The Hall–Kier alpha value is -8.93. The summed E-state index contributed by atoms with van der Waals surface area (Å²) < 4.78 is 4.69. The van der Waals surface area contributed by atoms with Crippen molar-refractivity contribution in [3.63, 3.8) is 0 Å². The van der Waals surface area contributed by atoms with Crippen molar-refractivity contribution in [3.8, 4) is 56.7 Å². The highest BCUT2D eigenvalue weighted by Crippen LogP contribution is 2.63. The molecule has 5 nitrogen and oxygen atoms in total. The van der Waals surface area contributed by atoms with Gasteiger partial charge in [-0.15, -0.1) is 0 Å². The van der Waals surface area contributed by atoms with E-state index in [1.54, 1.807) is 0 Å². The number of benzene rings is 9. The van der Waals surface area contributed by atoms with Crippen LogP contribution in [-0.2, 0) is 5.41 Å². The maximum absolute atomic E-state index is 5.37. The first-order chi connectivity index (χ1) is 34.2. The second kappa shape index (κ2) is 14.5. The Balaban J connectivity index is 0.909. The van der Waals surface area contributed by atoms with Crippen LogP contribution in [0.15, 0.2) is 230 Å². The van der Waals surface area contributed by atoms with E-state index in [-0.39, 0.29) is 0 Å². The minimum Gasteiger partial charge on any atom is -0.309 e. The second-order valence-corrected chi connectivity index (χ2v) is 18.6. The van der Waals surface area contributed by atoms with Gasteiger partial charge in [-0.05, 0) is 136 Å². The van der Waals surface area contributed by atoms with Gasteiger partial charge in [-0.25, -0.2) is 15.0 Å². The molecule has 1 unspecified atom stereocenters. The molecule has 0 fully saturated rings. The van der Waals surface area contributed by atoms with Gasteiger partial charge < -0.3 is 9.13 Å². The lowest BCUT2D eigenvalue weighted by atomic mass is 9.69. The van der Waals surface area contributed by atoms with Crippen LogP contribution in [0.1, 0.15) is 35.1 Å². The van der Waals surface area contributed by atoms with Gasteiger partial charge in [0.1, 0.15) is 0 Å². The molecule has 0 N–H and O–H groups in total. The zero-order chi connectivity index (χ0) is 45.2. The van der Waals surface area contributed by atoms with E-state index in [1.165, 1.54) is 88.1 Å². The number of rotatable bonds is 5. The SMILES string of the molecule is C1=CC2=C(CC1)c1ccccc1C21c2ccccc2-c2ccc(-c3nc(-c4ccc(-n5c6ccccc6c6ccccc65)cc4)nc(-c4ccc(-n5c6ccccc6c6ccccc65)cc4)n3)cc21. The standard InChI is InChI=1S/C64H41N5/c1-8-22-53-45(15-1)46-16-2-9-23-54(46)64(53)55-24-10-3-17-47(55)48-38-33-42(39-56(48)64)63-66-61(40-29-34-43(35-30-40)68-57-25-11-4-18-49(57)50-19-5-12-26-58(50)68)65-62(67-63)41-31-36-44(37-32-41)69-59-27-13-6-20-51(59)52-21-7-14-28-60(52)69/h1,3-15,17-39H,2,16H2. The van der Waals surface area contributed by atoms with Crippen LogP contribution < -0.4 is 0 Å². The normalized spacial score (nSPS) is 15.7. The van der Waals surface area contributed by atoms with Crippen LogP contribution in [0, 0.1) is 0 Å². The fraction of sp³-hybridized carbons (Fsp3) is 0.0469. The molecule has 0 aliphatic heterocycles. The summed E-state index contributed by atoms with van der Waals surface area (Å²) in [6.45, 7) is 0. The Kier molecular flexibility index (Phi) is 8.05. The van der Waals surface area contributed by atoms with Gasteiger partial charge in [0.15, 0.2) is 17.5 Å². The molecule has 0 amide bonds. The van der Waals surface area contributed by atoms with Gasteiger partial charge in [0.05, 0.1) is 27.5 Å². The second-order valence-electron chi connectivity index (χ2n) is 18.6. The van der Waals surface area contributed by atoms with Crippen LogP contribution in [-0.4, -0.2) is 24.1 Å². The Bertz CT molecular complexity index is 3900. The molecule has 0 saturated carbocycles. The van der Waals surface area contributed by atoms with E-state index in [9.17, 15) is 0 Å². The van der Waals surface area contributed by atoms with E-state index >= 15 is 0 Å². The molecule has 3 aromatic heterocycles. The predicted molar refractivity (Wildman–Crippen MR) is 282 cm³/mol. The third kappa shape index (κ3) is 5.38. The molecule has 5 heteroatoms. The summed E-state index contributed by atoms with van der Waals surface area (Å²) in [6.07, 6.45) is 6.85. The molecule has 1 atom stereocenters. The van der Waals surface area contributed by atoms with Crippen LogP contribution >= 0.6 is 0 Å². The lowest BCUT2D eigenvalue weighted by Gasteiger charge is -2.32. The Labute approximate surface area is 398 Å². The van der Waals surface area contributed by atoms with E-state index in [4.69, 9.17) is 15.0 Å². The summed E-state index contributed by atoms with van der Waals surface area (Å²) in [5.74, 6) is 1.89. The summed E-state index contributed by atoms with van der Waals surface area (Å²) in [4.78, 5) is 16.0. The fourth-order valence-electron chi connectivity index (χ4n) is 12.2. The smallest absolute Gasteiger partial charge is 0.164 e. The van der Waals surface area contributed by atoms with Crippen molar-refractivity contribution in [2.75, 3.05) is 0 Å². The molecular weight excluding hydrogens is 839 g/mol. The van der Waals surface area contributed by atoms with E-state index in [1.807, 2.05) is 0 Å². The van der Waals surface area contributed by atoms with Gasteiger partial charge in [0.25, 0.3) is 0 Å². The maximum atomic E-state index is 5.37. The molecule has 3 heterocycles. The van der Waals surface area contributed by atoms with Crippen molar-refractivity contribution in [1.82, 2.24) is 24.1 Å². The molecule has 9 aromatic carbocycles. The van der Waals surface area contributed by atoms with Crippen molar-refractivity contribution >= 4 is 49.2 Å². The summed E-state index contributed by atoms with van der Waals surface area (Å²) in [6, 6.07) is 76.9. The highest BCUT2D eigenvalue weighted by atomic mass is 15.0. The molecule has 0 radical (unpaired) electrons. The average molecular weight is 880 g/mol. The summed E-state index contributed by atoms with van der Waals surface area (Å²) >= 11 is 0. The van der Waals surface area contributed by atoms with E-state index in [0.29, 0.717) is 17.5 Å². The van der Waals surface area contributed by atoms with Gasteiger partial charge >= 0.3 is 0 Å². The zero-order valence-electron chi connectivity index (χ0n) is 37.5. The molecule has 3 aliphatic carbocycles. The van der Waals surface area contributed by atoms with E-state index in [2.05, 4.69) is 234 Å². The molecular formula is C64H41N5. The van der Waals surface area contributed by atoms with Crippen LogP contribution in [0.4, 0.5) is 0 Å². The number of nitrogens with zero attached hydrogens (tertiary/aromatic N) is 5. The summed E-state index contributed by atoms with van der Waals surface area (Å²) in [5.41, 5.74) is 19.9. The highest BCUT2D eigenvalue weighted by Gasteiger charge is 2.52. The minimum absolute atomic E-state index is 0.436. The van der Waals surface area contributed by atoms with Crippen LogP contribution in [0.5, 0.6) is 0 Å². The lowest BCUT2D eigenvalue weighted by Crippen LogP contribution is -2.27. The van der Waals surface area contributed by atoms with Gasteiger partial charge in [-0.2, -0.15) is 0 Å². The first-order valence-electron chi connectivity index (χ1n) is 23.9. The topological polar surface area (TPSA) is 48.5 Å². The molecule has 3 aliphatic rings. The van der Waals surface area contributed by atoms with Crippen LogP contribution in [0.25, 0.3) is 106 Å². The van der Waals surface area contributed by atoms with Crippen molar-refractivity contribution in [2.24, 2.45) is 0 Å². The van der Waals surface area contributed by atoms with Crippen LogP contribution in [0.3, 0.4) is 0 Å². The number of hydrogen-bond donors (Lipinski definition) is 0. The van der Waals surface area contributed by atoms with Crippen molar-refractivity contribution < 1.29 is 0 Å². The van der Waals surface area contributed by atoms with E-state index in [0.717, 1.165) is 40.9 Å². The molecule has 12 aromatic rings. The van der Waals surface area contributed by atoms with Crippen molar-refractivity contribution in [3.05, 3.63) is 252 Å². The number of hydrogen-bond acceptors (Lipinski definition) is 3. The van der Waals surface area contributed by atoms with Gasteiger partial charge in [0, 0.05) is 49.6 Å². The van der Waals surface area contributed by atoms with Crippen LogP contribution in [0.2, 0.25) is 0 Å².